The van der Waals surface area contributed by atoms with Crippen LogP contribution in [0.25, 0.3) is 0 Å². The minimum Gasteiger partial charge on any atom is -0.378 e. The van der Waals surface area contributed by atoms with Gasteiger partial charge in [0.15, 0.2) is 5.82 Å². The minimum absolute atomic E-state index is 0.127. The number of nitrogens with zero attached hydrogens (tertiary/aromatic N) is 4. The molecule has 35 heavy (non-hydrogen) atoms. The second-order valence-corrected chi connectivity index (χ2v) is 10.3. The van der Waals surface area contributed by atoms with Crippen molar-refractivity contribution >= 4 is 27.6 Å². The lowest BCUT2D eigenvalue weighted by atomic mass is 10.0. The van der Waals surface area contributed by atoms with Gasteiger partial charge in [0.25, 0.3) is 5.91 Å². The van der Waals surface area contributed by atoms with E-state index in [1.54, 1.807) is 0 Å². The van der Waals surface area contributed by atoms with Crippen molar-refractivity contribution in [2.75, 3.05) is 43.1 Å². The molecule has 1 amide bonds. The molecule has 2 aliphatic heterocycles. The zero-order chi connectivity index (χ0) is 24.4. The molecule has 2 aromatic carbocycles. The summed E-state index contributed by atoms with van der Waals surface area (Å²) < 4.78 is 33.1. The van der Waals surface area contributed by atoms with E-state index in [2.05, 4.69) is 21.6 Å². The van der Waals surface area contributed by atoms with E-state index in [-0.39, 0.29) is 21.8 Å². The number of nitriles is 1. The summed E-state index contributed by atoms with van der Waals surface area (Å²) in [7, 11) is -3.70. The summed E-state index contributed by atoms with van der Waals surface area (Å²) >= 11 is 0. The van der Waals surface area contributed by atoms with Crippen LogP contribution in [0.1, 0.15) is 27.0 Å². The zero-order valence-corrected chi connectivity index (χ0v) is 19.7. The number of fused-ring (bicyclic) bond motifs is 1. The Labute approximate surface area is 203 Å². The second-order valence-electron chi connectivity index (χ2n) is 8.34. The number of carbonyl (C=O) groups excluding carboxylic acids is 1. The summed E-state index contributed by atoms with van der Waals surface area (Å²) in [6.45, 7) is 3.01. The number of carbonyl (C=O) groups is 1. The molecule has 0 saturated carbocycles. The number of ether oxygens (including phenoxy) is 1. The lowest BCUT2D eigenvalue weighted by Crippen LogP contribution is -2.36. The number of aromatic nitrogens is 2. The van der Waals surface area contributed by atoms with Gasteiger partial charge in [0, 0.05) is 31.7 Å². The van der Waals surface area contributed by atoms with Gasteiger partial charge in [-0.05, 0) is 41.8 Å². The number of hydrogen-bond acceptors (Lipinski definition) is 7. The summed E-state index contributed by atoms with van der Waals surface area (Å²) in [6, 6.07) is 15.7. The van der Waals surface area contributed by atoms with E-state index in [1.807, 2.05) is 29.2 Å². The van der Waals surface area contributed by atoms with Gasteiger partial charge in [0.05, 0.1) is 18.1 Å². The summed E-state index contributed by atoms with van der Waals surface area (Å²) in [5.41, 5.74) is 2.67. The van der Waals surface area contributed by atoms with Gasteiger partial charge in [0.2, 0.25) is 10.0 Å². The Balaban J connectivity index is 1.30. The number of morpholine rings is 1. The van der Waals surface area contributed by atoms with E-state index < -0.39 is 15.9 Å². The molecule has 2 aliphatic rings. The summed E-state index contributed by atoms with van der Waals surface area (Å²) in [6.07, 6.45) is 0.660. The lowest BCUT2D eigenvalue weighted by Gasteiger charge is -2.28. The standard InChI is InChI=1S/C24H24N6O4S/c25-15-21-22(27-28-23(21)29-11-13-34-14-12-29)26-24(31)18-5-7-20(8-6-18)35(32,33)30-10-9-17-3-1-2-4-19(17)16-30/h1-8H,9-14,16H2,(H2,26,27,28,31). The van der Waals surface area contributed by atoms with Crippen molar-refractivity contribution in [3.63, 3.8) is 0 Å². The van der Waals surface area contributed by atoms with Gasteiger partial charge >= 0.3 is 0 Å². The van der Waals surface area contributed by atoms with Crippen molar-refractivity contribution in [1.82, 2.24) is 14.5 Å². The van der Waals surface area contributed by atoms with E-state index in [9.17, 15) is 18.5 Å². The molecular formula is C24H24N6O4S. The molecule has 5 rings (SSSR count). The lowest BCUT2D eigenvalue weighted by molar-refractivity contribution is 0.102. The molecule has 1 saturated heterocycles. The fourth-order valence-corrected chi connectivity index (χ4v) is 5.74. The average Bonchev–Trinajstić information content (AvgIpc) is 3.31. The van der Waals surface area contributed by atoms with Gasteiger partial charge in [-0.25, -0.2) is 8.42 Å². The van der Waals surface area contributed by atoms with Crippen LogP contribution in [0, 0.1) is 11.3 Å². The first-order valence-electron chi connectivity index (χ1n) is 11.3. The molecule has 0 unspecified atom stereocenters. The molecule has 1 aromatic heterocycles. The Kier molecular flexibility index (Phi) is 6.25. The number of nitrogens with one attached hydrogen (secondary N) is 2. The maximum absolute atomic E-state index is 13.2. The van der Waals surface area contributed by atoms with E-state index in [0.717, 1.165) is 5.56 Å². The quantitative estimate of drug-likeness (QED) is 0.558. The molecule has 11 heteroatoms. The first kappa shape index (κ1) is 23.0. The van der Waals surface area contributed by atoms with Crippen molar-refractivity contribution < 1.29 is 17.9 Å². The zero-order valence-electron chi connectivity index (χ0n) is 18.9. The molecule has 10 nitrogen and oxygen atoms in total. The number of sulfonamides is 1. The molecule has 1 fully saturated rings. The van der Waals surface area contributed by atoms with Gasteiger partial charge < -0.3 is 15.0 Å². The fraction of sp³-hybridized carbons (Fsp3) is 0.292. The average molecular weight is 493 g/mol. The Bertz CT molecular complexity index is 1390. The topological polar surface area (TPSA) is 131 Å². The van der Waals surface area contributed by atoms with E-state index in [4.69, 9.17) is 4.74 Å². The van der Waals surface area contributed by atoms with Crippen LogP contribution in [0.5, 0.6) is 0 Å². The third-order valence-electron chi connectivity index (χ3n) is 6.26. The Morgan fingerprint density at radius 3 is 2.49 bits per heavy atom. The molecule has 3 heterocycles. The number of benzene rings is 2. The van der Waals surface area contributed by atoms with Gasteiger partial charge in [0.1, 0.15) is 17.5 Å². The summed E-state index contributed by atoms with van der Waals surface area (Å²) in [5, 5.41) is 19.2. The molecule has 0 aliphatic carbocycles. The van der Waals surface area contributed by atoms with Crippen LogP contribution in [0.2, 0.25) is 0 Å². The number of H-pyrrole nitrogens is 1. The van der Waals surface area contributed by atoms with Crippen LogP contribution in [0.15, 0.2) is 53.4 Å². The van der Waals surface area contributed by atoms with Gasteiger partial charge in [-0.15, -0.1) is 0 Å². The predicted octanol–water partition coefficient (Wildman–Crippen LogP) is 2.12. The molecular weight excluding hydrogens is 468 g/mol. The number of rotatable bonds is 5. The normalized spacial score (nSPS) is 16.4. The summed E-state index contributed by atoms with van der Waals surface area (Å²) in [5.74, 6) is 0.188. The highest BCUT2D eigenvalue weighted by Crippen LogP contribution is 2.27. The molecule has 0 spiro atoms. The molecule has 3 aromatic rings. The van der Waals surface area contributed by atoms with Crippen molar-refractivity contribution in [1.29, 1.82) is 5.26 Å². The Morgan fingerprint density at radius 2 is 1.77 bits per heavy atom. The molecule has 0 radical (unpaired) electrons. The van der Waals surface area contributed by atoms with Crippen molar-refractivity contribution in [3.05, 3.63) is 70.8 Å². The van der Waals surface area contributed by atoms with E-state index in [0.29, 0.717) is 51.6 Å². The number of aromatic amines is 1. The summed E-state index contributed by atoms with van der Waals surface area (Å²) in [4.78, 5) is 14.9. The first-order valence-corrected chi connectivity index (χ1v) is 12.7. The Morgan fingerprint density at radius 1 is 1.06 bits per heavy atom. The fourth-order valence-electron chi connectivity index (χ4n) is 4.32. The molecule has 180 valence electrons. The Hall–Kier alpha value is -3.72. The largest absolute Gasteiger partial charge is 0.378 e. The second kappa shape index (κ2) is 9.50. The predicted molar refractivity (Wildman–Crippen MR) is 128 cm³/mol. The van der Waals surface area contributed by atoms with Crippen molar-refractivity contribution in [2.45, 2.75) is 17.9 Å². The smallest absolute Gasteiger partial charge is 0.256 e. The third kappa shape index (κ3) is 4.51. The molecule has 0 bridgehead atoms. The van der Waals surface area contributed by atoms with Crippen LogP contribution >= 0.6 is 0 Å². The molecule has 2 N–H and O–H groups in total. The van der Waals surface area contributed by atoms with Gasteiger partial charge in [-0.2, -0.15) is 14.7 Å². The number of amides is 1. The van der Waals surface area contributed by atoms with Crippen LogP contribution in [0.3, 0.4) is 0 Å². The highest BCUT2D eigenvalue weighted by atomic mass is 32.2. The SMILES string of the molecule is N#Cc1c(N2CCOCC2)n[nH]c1NC(=O)c1ccc(S(=O)(=O)N2CCc3ccccc3C2)cc1. The number of hydrogen-bond donors (Lipinski definition) is 2. The maximum atomic E-state index is 13.2. The third-order valence-corrected chi connectivity index (χ3v) is 8.12. The minimum atomic E-state index is -3.70. The van der Waals surface area contributed by atoms with Crippen LogP contribution < -0.4 is 10.2 Å². The van der Waals surface area contributed by atoms with E-state index in [1.165, 1.54) is 34.1 Å². The van der Waals surface area contributed by atoms with Crippen LogP contribution in [0.4, 0.5) is 11.6 Å². The van der Waals surface area contributed by atoms with Crippen LogP contribution in [-0.2, 0) is 27.7 Å². The highest BCUT2D eigenvalue weighted by Gasteiger charge is 2.28. The van der Waals surface area contributed by atoms with Crippen LogP contribution in [-0.4, -0.2) is 61.7 Å². The first-order chi connectivity index (χ1) is 17.0. The highest BCUT2D eigenvalue weighted by molar-refractivity contribution is 7.89. The van der Waals surface area contributed by atoms with Crippen molar-refractivity contribution in [3.8, 4) is 6.07 Å². The van der Waals surface area contributed by atoms with E-state index >= 15 is 0 Å². The van der Waals surface area contributed by atoms with Gasteiger partial charge in [-0.3, -0.25) is 9.89 Å². The maximum Gasteiger partial charge on any atom is 0.256 e. The monoisotopic (exact) mass is 492 g/mol. The van der Waals surface area contributed by atoms with Gasteiger partial charge in [-0.1, -0.05) is 24.3 Å². The molecule has 0 atom stereocenters. The van der Waals surface area contributed by atoms with Crippen molar-refractivity contribution in [2.24, 2.45) is 0 Å². The number of anilines is 2.